The van der Waals surface area contributed by atoms with Crippen LogP contribution in [0.15, 0.2) is 72.8 Å². The van der Waals surface area contributed by atoms with Gasteiger partial charge in [-0.15, -0.1) is 0 Å². The Balaban J connectivity index is 1.56. The van der Waals surface area contributed by atoms with Crippen LogP contribution >= 0.6 is 11.3 Å². The summed E-state index contributed by atoms with van der Waals surface area (Å²) in [6.07, 6.45) is 7.00. The number of anilines is 3. The second-order valence-electron chi connectivity index (χ2n) is 9.70. The first kappa shape index (κ1) is 18.9. The number of hydrogen-bond donors (Lipinski definition) is 0. The predicted octanol–water partition coefficient (Wildman–Crippen LogP) is 5.88. The van der Waals surface area contributed by atoms with E-state index in [1.54, 1.807) is 0 Å². The van der Waals surface area contributed by atoms with Crippen LogP contribution in [0.5, 0.6) is 0 Å². The summed E-state index contributed by atoms with van der Waals surface area (Å²) in [7, 11) is 0. The highest BCUT2D eigenvalue weighted by Crippen LogP contribution is 2.45. The molecule has 3 aromatic carbocycles. The molecule has 162 valence electrons. The Kier molecular flexibility index (Phi) is 3.64. The summed E-state index contributed by atoms with van der Waals surface area (Å²) in [4.78, 5) is 4.07. The molecule has 2 aromatic heterocycles. The number of allylic oxidation sites excluding steroid dienone is 1. The van der Waals surface area contributed by atoms with Crippen molar-refractivity contribution >= 4 is 67.8 Å². The van der Waals surface area contributed by atoms with Gasteiger partial charge in [-0.2, -0.15) is 11.3 Å². The first-order valence-corrected chi connectivity index (χ1v) is 13.0. The zero-order valence-electron chi connectivity index (χ0n) is 19.3. The van der Waals surface area contributed by atoms with Crippen molar-refractivity contribution in [2.45, 2.75) is 26.7 Å². The van der Waals surface area contributed by atoms with Crippen molar-refractivity contribution in [3.8, 4) is 5.69 Å². The molecule has 0 fully saturated rings. The monoisotopic (exact) mass is 454 g/mol. The second kappa shape index (κ2) is 6.55. The zero-order chi connectivity index (χ0) is 22.6. The number of rotatable bonds is 1. The van der Waals surface area contributed by atoms with Gasteiger partial charge in [-0.25, -0.2) is 0 Å². The molecule has 0 bridgehead atoms. The maximum absolute atomic E-state index is 2.53. The minimum atomic E-state index is 0.273. The van der Waals surface area contributed by atoms with Crippen LogP contribution < -0.4 is 20.6 Å². The van der Waals surface area contributed by atoms with Gasteiger partial charge in [-0.1, -0.05) is 54.6 Å². The number of hydrogen-bond acceptors (Lipinski definition) is 2. The molecule has 0 saturated heterocycles. The number of thiophene rings is 1. The van der Waals surface area contributed by atoms with E-state index >= 15 is 0 Å². The van der Waals surface area contributed by atoms with Crippen LogP contribution in [0.2, 0.25) is 0 Å². The molecule has 0 atom stereocenters. The van der Waals surface area contributed by atoms with Crippen LogP contribution in [0.4, 0.5) is 17.1 Å². The Hall–Kier alpha value is -3.50. The number of aromatic nitrogens is 1. The van der Waals surface area contributed by atoms with Gasteiger partial charge in [0.15, 0.2) is 0 Å². The van der Waals surface area contributed by atoms with Gasteiger partial charge in [0.05, 0.1) is 5.69 Å². The molecule has 4 heterocycles. The lowest BCUT2D eigenvalue weighted by atomic mass is 9.36. The fourth-order valence-electron chi connectivity index (χ4n) is 6.50. The van der Waals surface area contributed by atoms with Crippen LogP contribution in [-0.2, 0) is 6.42 Å². The van der Waals surface area contributed by atoms with Gasteiger partial charge < -0.3 is 9.47 Å². The molecule has 0 unspecified atom stereocenters. The van der Waals surface area contributed by atoms with Gasteiger partial charge in [0.2, 0.25) is 0 Å². The van der Waals surface area contributed by atoms with E-state index in [1.807, 2.05) is 11.3 Å². The fraction of sp³-hybridized carbons (Fsp3) is 0.133. The molecule has 2 nitrogen and oxygen atoms in total. The Morgan fingerprint density at radius 3 is 2.59 bits per heavy atom. The SMILES string of the molecule is Cc1c(C)n2c3c(cccc13)B1c3sc4c(c3N(c3ccccc3)c3cccc-2c31)C=CCC4. The summed E-state index contributed by atoms with van der Waals surface area (Å²) < 4.78 is 4.02. The smallest absolute Gasteiger partial charge is 0.264 e. The maximum atomic E-state index is 2.53. The predicted molar refractivity (Wildman–Crippen MR) is 147 cm³/mol. The Labute approximate surface area is 203 Å². The largest absolute Gasteiger partial charge is 0.315 e. The maximum Gasteiger partial charge on any atom is 0.264 e. The summed E-state index contributed by atoms with van der Waals surface area (Å²) >= 11 is 2.04. The topological polar surface area (TPSA) is 8.17 Å². The fourth-order valence-corrected chi connectivity index (χ4v) is 7.92. The van der Waals surface area contributed by atoms with Gasteiger partial charge in [0.1, 0.15) is 0 Å². The van der Waals surface area contributed by atoms with Gasteiger partial charge in [0, 0.05) is 48.9 Å². The van der Waals surface area contributed by atoms with Gasteiger partial charge >= 0.3 is 0 Å². The minimum Gasteiger partial charge on any atom is -0.315 e. The lowest BCUT2D eigenvalue weighted by Gasteiger charge is -2.39. The first-order chi connectivity index (χ1) is 16.7. The molecule has 34 heavy (non-hydrogen) atoms. The van der Waals surface area contributed by atoms with E-state index in [0.717, 1.165) is 12.8 Å². The minimum absolute atomic E-state index is 0.273. The highest BCUT2D eigenvalue weighted by atomic mass is 32.1. The Morgan fingerprint density at radius 1 is 0.882 bits per heavy atom. The van der Waals surface area contributed by atoms with E-state index < -0.39 is 0 Å². The summed E-state index contributed by atoms with van der Waals surface area (Å²) in [5, 5.41) is 1.39. The normalized spacial score (nSPS) is 14.9. The molecule has 3 aliphatic rings. The second-order valence-corrected chi connectivity index (χ2v) is 10.8. The third-order valence-electron chi connectivity index (χ3n) is 8.06. The molecule has 0 radical (unpaired) electrons. The zero-order valence-corrected chi connectivity index (χ0v) is 20.1. The molecule has 5 aromatic rings. The Bertz CT molecular complexity index is 1690. The molecule has 0 spiro atoms. The van der Waals surface area contributed by atoms with Gasteiger partial charge in [0.25, 0.3) is 6.71 Å². The molecule has 0 saturated carbocycles. The summed E-state index contributed by atoms with van der Waals surface area (Å²) in [5.41, 5.74) is 13.7. The third kappa shape index (κ3) is 2.18. The van der Waals surface area contributed by atoms with Crippen LogP contribution in [0.3, 0.4) is 0 Å². The molecule has 1 aliphatic carbocycles. The molecule has 8 rings (SSSR count). The van der Waals surface area contributed by atoms with Crippen molar-refractivity contribution < 1.29 is 0 Å². The Morgan fingerprint density at radius 2 is 1.71 bits per heavy atom. The average Bonchev–Trinajstić information content (AvgIpc) is 3.38. The molecular formula is C30H23BN2S. The van der Waals surface area contributed by atoms with Crippen LogP contribution in [-0.4, -0.2) is 11.3 Å². The van der Waals surface area contributed by atoms with E-state index in [1.165, 1.54) is 71.1 Å². The van der Waals surface area contributed by atoms with E-state index in [2.05, 4.69) is 102 Å². The van der Waals surface area contributed by atoms with Crippen molar-refractivity contribution in [2.24, 2.45) is 0 Å². The van der Waals surface area contributed by atoms with Crippen LogP contribution in [0.25, 0.3) is 22.7 Å². The number of para-hydroxylation sites is 2. The van der Waals surface area contributed by atoms with E-state index in [0.29, 0.717) is 0 Å². The molecule has 2 aliphatic heterocycles. The highest BCUT2D eigenvalue weighted by Gasteiger charge is 2.44. The third-order valence-corrected chi connectivity index (χ3v) is 9.38. The van der Waals surface area contributed by atoms with Crippen molar-refractivity contribution in [3.63, 3.8) is 0 Å². The quantitative estimate of drug-likeness (QED) is 0.281. The number of fused-ring (bicyclic) bond motifs is 6. The number of nitrogens with zero attached hydrogens (tertiary/aromatic N) is 2. The summed E-state index contributed by atoms with van der Waals surface area (Å²) in [6, 6.07) is 24.8. The average molecular weight is 454 g/mol. The molecule has 0 N–H and O–H groups in total. The molecular weight excluding hydrogens is 431 g/mol. The number of benzene rings is 3. The van der Waals surface area contributed by atoms with Crippen LogP contribution in [0, 0.1) is 13.8 Å². The van der Waals surface area contributed by atoms with Crippen molar-refractivity contribution in [1.82, 2.24) is 4.57 Å². The van der Waals surface area contributed by atoms with E-state index in [4.69, 9.17) is 0 Å². The lowest BCUT2D eigenvalue weighted by Crippen LogP contribution is -2.59. The first-order valence-electron chi connectivity index (χ1n) is 12.1. The van der Waals surface area contributed by atoms with Crippen molar-refractivity contribution in [2.75, 3.05) is 4.90 Å². The highest BCUT2D eigenvalue weighted by molar-refractivity contribution is 7.29. The number of aryl methyl sites for hydroxylation is 2. The standard InChI is InChI=1S/C30H23BN2S/c1-18-19(2)32-24-15-9-16-25-27(24)31(23-14-8-13-21(18)28(23)32)30-29(22-12-6-7-17-26(22)34-30)33(25)20-10-4-3-5-11-20/h3-6,8-16H,7,17H2,1-2H3. The van der Waals surface area contributed by atoms with E-state index in [-0.39, 0.29) is 6.71 Å². The molecule has 4 heteroatoms. The molecule has 0 amide bonds. The van der Waals surface area contributed by atoms with Crippen molar-refractivity contribution in [3.05, 3.63) is 94.5 Å². The summed E-state index contributed by atoms with van der Waals surface area (Å²) in [6.45, 7) is 4.82. The van der Waals surface area contributed by atoms with Crippen LogP contribution in [0.1, 0.15) is 28.1 Å². The lowest BCUT2D eigenvalue weighted by molar-refractivity contribution is 1.01. The van der Waals surface area contributed by atoms with Gasteiger partial charge in [-0.3, -0.25) is 0 Å². The van der Waals surface area contributed by atoms with Crippen molar-refractivity contribution in [1.29, 1.82) is 0 Å². The van der Waals surface area contributed by atoms with E-state index in [9.17, 15) is 0 Å². The van der Waals surface area contributed by atoms with Gasteiger partial charge in [-0.05, 0) is 67.4 Å². The summed E-state index contributed by atoms with van der Waals surface area (Å²) in [5.74, 6) is 0.